The van der Waals surface area contributed by atoms with Crippen LogP contribution in [0.2, 0.25) is 0 Å². The number of thiazole rings is 1. The molecular weight excluding hydrogens is 209 g/mol. The second kappa shape index (κ2) is 3.30. The molecule has 1 aromatic heterocycles. The molecule has 82 valence electrons. The Hall–Kier alpha value is -0.385. The van der Waals surface area contributed by atoms with Crippen LogP contribution in [-0.2, 0) is 9.31 Å². The monoisotopic (exact) mass is 229 g/mol. The lowest BCUT2D eigenvalue weighted by Gasteiger charge is -2.32. The van der Waals surface area contributed by atoms with Gasteiger partial charge in [0.1, 0.15) is 0 Å². The van der Waals surface area contributed by atoms with Crippen molar-refractivity contribution in [2.45, 2.75) is 45.7 Å². The van der Waals surface area contributed by atoms with Crippen molar-refractivity contribution in [1.29, 1.82) is 0 Å². The summed E-state index contributed by atoms with van der Waals surface area (Å²) in [4.78, 5) is 3.78. The molecule has 0 N–H and O–H groups in total. The molecule has 2 heterocycles. The first kappa shape index (κ1) is 7.04. The summed E-state index contributed by atoms with van der Waals surface area (Å²) in [5, 5.41) is 0. The fraction of sp³-hybridized carbons (Fsp3) is 0.700. The zero-order valence-electron chi connectivity index (χ0n) is 13.2. The molecule has 0 saturated carbocycles. The molecule has 1 aliphatic rings. The third-order valence-corrected chi connectivity index (χ3v) is 3.80. The third-order valence-electron chi connectivity index (χ3n) is 3.01. The molecule has 0 radical (unpaired) electrons. The lowest BCUT2D eigenvalue weighted by atomic mass is 9.86. The molecular formula is C10H16BNO2S. The number of nitrogens with zero attached hydrogens (tertiary/aromatic N) is 1. The van der Waals surface area contributed by atoms with E-state index in [-0.39, 0.29) is 11.2 Å². The van der Waals surface area contributed by atoms with Gasteiger partial charge in [-0.25, -0.2) is 0 Å². The summed E-state index contributed by atoms with van der Waals surface area (Å²) in [5.41, 5.74) is -1.23. The van der Waals surface area contributed by atoms with Gasteiger partial charge in [-0.3, -0.25) is 4.98 Å². The summed E-state index contributed by atoms with van der Waals surface area (Å²) in [6.07, 6.45) is 0. The van der Waals surface area contributed by atoms with Crippen molar-refractivity contribution in [3.8, 4) is 0 Å². The lowest BCUT2D eigenvalue weighted by Crippen LogP contribution is -2.41. The summed E-state index contributed by atoms with van der Waals surface area (Å²) >= 11 is 0.986. The molecule has 1 saturated heterocycles. The number of hydrogen-bond donors (Lipinski definition) is 0. The lowest BCUT2D eigenvalue weighted by molar-refractivity contribution is 0.00578. The van der Waals surface area contributed by atoms with Gasteiger partial charge in [0.2, 0.25) is 0 Å². The quantitative estimate of drug-likeness (QED) is 0.687. The van der Waals surface area contributed by atoms with Crippen LogP contribution in [0.3, 0.4) is 0 Å². The number of aromatic nitrogens is 1. The molecule has 0 bridgehead atoms. The summed E-state index contributed by atoms with van der Waals surface area (Å²) in [6, 6.07) is 0. The molecule has 0 unspecified atom stereocenters. The van der Waals surface area contributed by atoms with Crippen LogP contribution in [-0.4, -0.2) is 23.3 Å². The van der Waals surface area contributed by atoms with E-state index in [0.29, 0.717) is 4.78 Å². The van der Waals surface area contributed by atoms with E-state index < -0.39 is 25.2 Å². The topological polar surface area (TPSA) is 31.4 Å². The van der Waals surface area contributed by atoms with Gasteiger partial charge >= 0.3 is 7.12 Å². The average molecular weight is 229 g/mol. The summed E-state index contributed by atoms with van der Waals surface area (Å²) in [6.45, 7) is 5.21. The smallest absolute Gasteiger partial charge is 0.399 e. The Kier molecular flexibility index (Phi) is 1.55. The molecule has 15 heavy (non-hydrogen) atoms. The molecule has 1 aliphatic heterocycles. The first-order chi connectivity index (χ1) is 8.44. The van der Waals surface area contributed by atoms with E-state index in [1.54, 1.807) is 0 Å². The van der Waals surface area contributed by atoms with E-state index in [1.165, 1.54) is 0 Å². The minimum absolute atomic E-state index is 0.0455. The zero-order valence-corrected chi connectivity index (χ0v) is 10.1. The van der Waals surface area contributed by atoms with Gasteiger partial charge in [0.05, 0.1) is 22.8 Å². The van der Waals surface area contributed by atoms with Gasteiger partial charge in [-0.05, 0) is 34.5 Å². The van der Waals surface area contributed by atoms with Crippen molar-refractivity contribution in [2.24, 2.45) is 0 Å². The Morgan fingerprint density at radius 2 is 2.00 bits per heavy atom. The van der Waals surface area contributed by atoms with Gasteiger partial charge in [-0.2, -0.15) is 0 Å². The fourth-order valence-electron chi connectivity index (χ4n) is 1.33. The van der Waals surface area contributed by atoms with E-state index in [2.05, 4.69) is 4.98 Å². The molecule has 0 aromatic carbocycles. The van der Waals surface area contributed by atoms with Crippen LogP contribution < -0.4 is 4.78 Å². The van der Waals surface area contributed by atoms with Gasteiger partial charge in [0.25, 0.3) is 0 Å². The summed E-state index contributed by atoms with van der Waals surface area (Å²) in [5.74, 6) is 0. The van der Waals surface area contributed by atoms with Crippen LogP contribution in [0.4, 0.5) is 0 Å². The molecule has 5 heteroatoms. The largest absolute Gasteiger partial charge is 0.507 e. The predicted octanol–water partition coefficient (Wildman–Crippen LogP) is 1.75. The van der Waals surface area contributed by atoms with Crippen LogP contribution in [0, 0.1) is 6.85 Å². The maximum atomic E-state index is 7.54. The Balaban J connectivity index is 2.40. The van der Waals surface area contributed by atoms with Crippen molar-refractivity contribution in [1.82, 2.24) is 4.98 Å². The fourth-order valence-corrected chi connectivity index (χ4v) is 1.90. The Labute approximate surface area is 101 Å². The van der Waals surface area contributed by atoms with Gasteiger partial charge < -0.3 is 9.31 Å². The highest BCUT2D eigenvalue weighted by Crippen LogP contribution is 2.36. The van der Waals surface area contributed by atoms with Crippen molar-refractivity contribution in [3.05, 3.63) is 11.2 Å². The van der Waals surface area contributed by atoms with E-state index >= 15 is 0 Å². The normalized spacial score (nSPS) is 28.1. The van der Waals surface area contributed by atoms with Crippen molar-refractivity contribution < 1.29 is 14.8 Å². The molecule has 0 amide bonds. The number of aryl methyl sites for hydroxylation is 1. The van der Waals surface area contributed by atoms with Gasteiger partial charge in [-0.15, -0.1) is 11.3 Å². The molecule has 3 nitrogen and oxygen atoms in total. The van der Waals surface area contributed by atoms with E-state index in [0.717, 1.165) is 11.3 Å². The highest BCUT2D eigenvalue weighted by molar-refractivity contribution is 7.20. The second-order valence-electron chi connectivity index (χ2n) is 4.61. The average Bonchev–Trinajstić information content (AvgIpc) is 2.65. The second-order valence-corrected chi connectivity index (χ2v) is 5.43. The minimum atomic E-state index is -2.37. The van der Waals surface area contributed by atoms with Gasteiger partial charge in [0, 0.05) is 9.81 Å². The van der Waals surface area contributed by atoms with Crippen molar-refractivity contribution in [3.63, 3.8) is 0 Å². The summed E-state index contributed by atoms with van der Waals surface area (Å²) in [7, 11) is -0.781. The van der Waals surface area contributed by atoms with E-state index in [4.69, 9.17) is 14.8 Å². The molecule has 1 fully saturated rings. The van der Waals surface area contributed by atoms with E-state index in [1.807, 2.05) is 27.7 Å². The van der Waals surface area contributed by atoms with Crippen LogP contribution in [0.25, 0.3) is 0 Å². The highest BCUT2D eigenvalue weighted by atomic mass is 32.1. The predicted molar refractivity (Wildman–Crippen MR) is 62.6 cm³/mol. The first-order valence-electron chi connectivity index (χ1n) is 6.77. The molecule has 0 spiro atoms. The maximum absolute atomic E-state index is 7.54. The summed E-state index contributed by atoms with van der Waals surface area (Å²) < 4.78 is 42.0. The Morgan fingerprint density at radius 1 is 1.40 bits per heavy atom. The van der Waals surface area contributed by atoms with Crippen LogP contribution >= 0.6 is 11.3 Å². The van der Waals surface area contributed by atoms with Crippen molar-refractivity contribution >= 4 is 23.2 Å². The van der Waals surface area contributed by atoms with Gasteiger partial charge in [0.15, 0.2) is 0 Å². The van der Waals surface area contributed by atoms with Crippen molar-refractivity contribution in [2.75, 3.05) is 0 Å². The van der Waals surface area contributed by atoms with Crippen LogP contribution in [0.15, 0.2) is 5.49 Å². The maximum Gasteiger partial charge on any atom is 0.507 e. The highest BCUT2D eigenvalue weighted by Gasteiger charge is 2.52. The number of hydrogen-bond acceptors (Lipinski definition) is 4. The Bertz CT molecular complexity index is 484. The van der Waals surface area contributed by atoms with Gasteiger partial charge in [-0.1, -0.05) is 0 Å². The van der Waals surface area contributed by atoms with Crippen LogP contribution in [0.1, 0.15) is 38.9 Å². The number of rotatable bonds is 1. The van der Waals surface area contributed by atoms with Crippen LogP contribution in [0.5, 0.6) is 0 Å². The third kappa shape index (κ3) is 1.73. The minimum Gasteiger partial charge on any atom is -0.399 e. The first-order valence-corrected chi connectivity index (χ1v) is 5.59. The molecule has 0 aliphatic carbocycles. The Morgan fingerprint density at radius 3 is 2.53 bits per heavy atom. The standard InChI is InChI=1S/C10H16BNO2S/c1-7-8(15-6-12-7)11-13-9(2,3)10(4,5)14-11/h6H,1-5H3/i1D3,6D. The zero-order chi connectivity index (χ0) is 14.6. The molecule has 2 rings (SSSR count). The van der Waals surface area contributed by atoms with E-state index in [9.17, 15) is 0 Å². The molecule has 1 aromatic rings. The SMILES string of the molecule is [2H]c1nc(C([2H])([2H])[2H])c(B2OC(C)(C)C(C)(C)O2)s1. The molecule has 0 atom stereocenters.